The molecule has 3 heterocycles. The van der Waals surface area contributed by atoms with Gasteiger partial charge in [-0.3, -0.25) is 9.59 Å². The molecule has 0 spiro atoms. The number of carbonyl (C=O) groups is 2. The number of benzene rings is 1. The fourth-order valence-corrected chi connectivity index (χ4v) is 6.56. The number of aliphatic hydroxyl groups excluding tert-OH is 1. The molecule has 3 fully saturated rings. The molecule has 2 aliphatic heterocycles. The molecule has 3 atom stereocenters. The first-order valence-electron chi connectivity index (χ1n) is 11.4. The summed E-state index contributed by atoms with van der Waals surface area (Å²) in [6, 6.07) is 3.85. The maximum atomic E-state index is 13.5. The van der Waals surface area contributed by atoms with Crippen LogP contribution in [0, 0.1) is 18.8 Å². The molecule has 1 unspecified atom stereocenters. The molecule has 2 N–H and O–H groups in total. The zero-order chi connectivity index (χ0) is 24.0. The van der Waals surface area contributed by atoms with E-state index < -0.39 is 6.23 Å². The molecule has 180 valence electrons. The van der Waals surface area contributed by atoms with Crippen LogP contribution in [0.2, 0.25) is 0 Å². The molecule has 5 rings (SSSR count). The van der Waals surface area contributed by atoms with Crippen molar-refractivity contribution in [1.82, 2.24) is 14.8 Å². The van der Waals surface area contributed by atoms with Gasteiger partial charge < -0.3 is 25.0 Å². The van der Waals surface area contributed by atoms with Gasteiger partial charge in [0.2, 0.25) is 5.91 Å². The average molecular weight is 501 g/mol. The van der Waals surface area contributed by atoms with Crippen molar-refractivity contribution in [3.8, 4) is 5.75 Å². The molecule has 2 saturated heterocycles. The predicted molar refractivity (Wildman–Crippen MR) is 131 cm³/mol. The second-order valence-electron chi connectivity index (χ2n) is 9.06. The van der Waals surface area contributed by atoms with E-state index in [4.69, 9.17) is 4.74 Å². The molecular formula is C24H28N4O4S2. The highest BCUT2D eigenvalue weighted by Gasteiger charge is 2.48. The third-order valence-electron chi connectivity index (χ3n) is 6.75. The summed E-state index contributed by atoms with van der Waals surface area (Å²) in [5.74, 6) is 1.01. The third-order valence-corrected chi connectivity index (χ3v) is 8.93. The van der Waals surface area contributed by atoms with Gasteiger partial charge in [-0.15, -0.1) is 0 Å². The van der Waals surface area contributed by atoms with Crippen LogP contribution in [0.25, 0.3) is 0 Å². The smallest absolute Gasteiger partial charge is 0.257 e. The Morgan fingerprint density at radius 3 is 2.85 bits per heavy atom. The van der Waals surface area contributed by atoms with E-state index in [2.05, 4.69) is 16.9 Å². The molecule has 1 aromatic carbocycles. The number of carbonyl (C=O) groups excluding carboxylic acids is 2. The van der Waals surface area contributed by atoms with E-state index in [-0.39, 0.29) is 17.9 Å². The van der Waals surface area contributed by atoms with E-state index in [0.717, 1.165) is 27.5 Å². The quantitative estimate of drug-likeness (QED) is 0.425. The number of aromatic nitrogens is 1. The van der Waals surface area contributed by atoms with Crippen molar-refractivity contribution in [3.05, 3.63) is 42.1 Å². The number of fused-ring (bicyclic) bond motifs is 1. The van der Waals surface area contributed by atoms with Gasteiger partial charge in [0.1, 0.15) is 12.0 Å². The van der Waals surface area contributed by atoms with Crippen molar-refractivity contribution in [2.45, 2.75) is 41.1 Å². The number of thiazole rings is 1. The normalized spacial score (nSPS) is 22.1. The SMILES string of the molecule is C=CC(=O)N1C[C@H]2CN(C(=O)c3cc(Sc4cnc(NC(O)C5CC5)s4)c(C)cc3OC)C[C@H]21. The Bertz CT molecular complexity index is 1130. The second kappa shape index (κ2) is 9.24. The molecule has 1 aliphatic carbocycles. The number of likely N-dealkylation sites (tertiary alicyclic amines) is 2. The van der Waals surface area contributed by atoms with Crippen LogP contribution in [-0.2, 0) is 4.79 Å². The second-order valence-corrected chi connectivity index (χ2v) is 11.4. The molecule has 2 aromatic rings. The number of ether oxygens (including phenoxy) is 1. The van der Waals surface area contributed by atoms with Gasteiger partial charge in [-0.1, -0.05) is 29.7 Å². The average Bonchev–Trinajstić information content (AvgIpc) is 3.51. The van der Waals surface area contributed by atoms with Crippen LogP contribution < -0.4 is 10.1 Å². The Morgan fingerprint density at radius 1 is 1.35 bits per heavy atom. The Kier molecular flexibility index (Phi) is 6.30. The number of nitrogens with zero attached hydrogens (tertiary/aromatic N) is 3. The summed E-state index contributed by atoms with van der Waals surface area (Å²) in [5, 5.41) is 13.9. The van der Waals surface area contributed by atoms with Crippen molar-refractivity contribution < 1.29 is 19.4 Å². The largest absolute Gasteiger partial charge is 0.496 e. The summed E-state index contributed by atoms with van der Waals surface area (Å²) in [4.78, 5) is 34.4. The lowest BCUT2D eigenvalue weighted by atomic mass is 9.92. The monoisotopic (exact) mass is 500 g/mol. The molecule has 2 amide bonds. The summed E-state index contributed by atoms with van der Waals surface area (Å²) >= 11 is 3.03. The van der Waals surface area contributed by atoms with Crippen LogP contribution in [0.5, 0.6) is 5.75 Å². The number of hydrogen-bond donors (Lipinski definition) is 2. The number of nitrogens with one attached hydrogen (secondary N) is 1. The lowest BCUT2D eigenvalue weighted by molar-refractivity contribution is -0.135. The number of methoxy groups -OCH3 is 1. The number of aryl methyl sites for hydroxylation is 1. The lowest BCUT2D eigenvalue weighted by Crippen LogP contribution is -2.57. The Hall–Kier alpha value is -2.56. The zero-order valence-electron chi connectivity index (χ0n) is 19.2. The number of amides is 2. The highest BCUT2D eigenvalue weighted by atomic mass is 32.2. The first kappa shape index (κ1) is 23.2. The number of anilines is 1. The first-order chi connectivity index (χ1) is 16.4. The lowest BCUT2D eigenvalue weighted by Gasteiger charge is -2.42. The minimum Gasteiger partial charge on any atom is -0.496 e. The summed E-state index contributed by atoms with van der Waals surface area (Å²) in [6.45, 7) is 7.39. The van der Waals surface area contributed by atoms with Gasteiger partial charge in [0.25, 0.3) is 5.91 Å². The summed E-state index contributed by atoms with van der Waals surface area (Å²) < 4.78 is 6.52. The molecular weight excluding hydrogens is 472 g/mol. The molecule has 8 nitrogen and oxygen atoms in total. The summed E-state index contributed by atoms with van der Waals surface area (Å²) in [5.41, 5.74) is 1.52. The van der Waals surface area contributed by atoms with Crippen molar-refractivity contribution in [2.24, 2.45) is 11.8 Å². The number of rotatable bonds is 8. The van der Waals surface area contributed by atoms with Crippen LogP contribution in [-0.4, -0.2) is 70.7 Å². The zero-order valence-corrected chi connectivity index (χ0v) is 20.8. The van der Waals surface area contributed by atoms with Crippen molar-refractivity contribution in [3.63, 3.8) is 0 Å². The van der Waals surface area contributed by atoms with E-state index in [9.17, 15) is 14.7 Å². The highest BCUT2D eigenvalue weighted by Crippen LogP contribution is 2.40. The van der Waals surface area contributed by atoms with E-state index in [0.29, 0.717) is 47.9 Å². The summed E-state index contributed by atoms with van der Waals surface area (Å²) in [6.07, 6.45) is 4.66. The van der Waals surface area contributed by atoms with Gasteiger partial charge in [0, 0.05) is 36.4 Å². The topological polar surface area (TPSA) is 95.0 Å². The van der Waals surface area contributed by atoms with E-state index in [1.807, 2.05) is 24.0 Å². The molecule has 10 heteroatoms. The minimum absolute atomic E-state index is 0.0637. The van der Waals surface area contributed by atoms with E-state index in [1.54, 1.807) is 30.0 Å². The molecule has 0 bridgehead atoms. The van der Waals surface area contributed by atoms with Gasteiger partial charge in [-0.05, 0) is 43.5 Å². The standard InChI is InChI=1S/C24H28N4O4S2/c1-4-20(29)28-11-15-10-27(12-17(15)28)23(31)16-8-19(13(2)7-18(16)32-3)33-21-9-25-24(34-21)26-22(30)14-5-6-14/h4,7-9,14-15,17,22,30H,1,5-6,10-12H2,2-3H3,(H,25,26)/t15-,17-,22?/m1/s1. The fraction of sp³-hybridized carbons (Fsp3) is 0.458. The Labute approximate surface area is 207 Å². The Balaban J connectivity index is 1.31. The maximum Gasteiger partial charge on any atom is 0.257 e. The molecule has 3 aliphatic rings. The predicted octanol–water partition coefficient (Wildman–Crippen LogP) is 3.22. The van der Waals surface area contributed by atoms with Crippen LogP contribution in [0.4, 0.5) is 5.13 Å². The first-order valence-corrected chi connectivity index (χ1v) is 13.0. The van der Waals surface area contributed by atoms with E-state index in [1.165, 1.54) is 17.4 Å². The van der Waals surface area contributed by atoms with Crippen LogP contribution in [0.3, 0.4) is 0 Å². The third kappa shape index (κ3) is 4.42. The number of hydrogen-bond acceptors (Lipinski definition) is 8. The Morgan fingerprint density at radius 2 is 2.15 bits per heavy atom. The van der Waals surface area contributed by atoms with Gasteiger partial charge >= 0.3 is 0 Å². The van der Waals surface area contributed by atoms with Gasteiger partial charge in [-0.2, -0.15) is 0 Å². The summed E-state index contributed by atoms with van der Waals surface area (Å²) in [7, 11) is 1.57. The van der Waals surface area contributed by atoms with Crippen molar-refractivity contribution in [2.75, 3.05) is 32.1 Å². The van der Waals surface area contributed by atoms with Crippen molar-refractivity contribution in [1.29, 1.82) is 0 Å². The minimum atomic E-state index is -0.551. The van der Waals surface area contributed by atoms with Crippen LogP contribution >= 0.6 is 23.1 Å². The molecule has 34 heavy (non-hydrogen) atoms. The maximum absolute atomic E-state index is 13.5. The van der Waals surface area contributed by atoms with Crippen molar-refractivity contribution >= 4 is 40.0 Å². The van der Waals surface area contributed by atoms with Gasteiger partial charge in [0.05, 0.1) is 29.1 Å². The highest BCUT2D eigenvalue weighted by molar-refractivity contribution is 8.01. The van der Waals surface area contributed by atoms with Gasteiger partial charge in [-0.25, -0.2) is 4.98 Å². The molecule has 1 saturated carbocycles. The van der Waals surface area contributed by atoms with Crippen LogP contribution in [0.1, 0.15) is 28.8 Å². The molecule has 0 radical (unpaired) electrons. The van der Waals surface area contributed by atoms with E-state index >= 15 is 0 Å². The number of aliphatic hydroxyl groups is 1. The molecule has 1 aromatic heterocycles. The van der Waals surface area contributed by atoms with Crippen LogP contribution in [0.15, 0.2) is 40.1 Å². The van der Waals surface area contributed by atoms with Gasteiger partial charge in [0.15, 0.2) is 5.13 Å². The fourth-order valence-electron chi connectivity index (χ4n) is 4.59.